The first kappa shape index (κ1) is 8.92. The van der Waals surface area contributed by atoms with E-state index in [1.807, 2.05) is 6.20 Å². The largest absolute Gasteiger partial charge is 0.317 e. The molecule has 15 heavy (non-hydrogen) atoms. The first-order valence-electron chi connectivity index (χ1n) is 5.58. The predicted octanol–water partition coefficient (Wildman–Crippen LogP) is 2.03. The van der Waals surface area contributed by atoms with Crippen LogP contribution in [0.15, 0.2) is 24.4 Å². The van der Waals surface area contributed by atoms with Gasteiger partial charge < -0.3 is 5.32 Å². The third kappa shape index (κ3) is 1.53. The number of benzene rings is 1. The number of nitrogens with zero attached hydrogens (tertiary/aromatic N) is 1. The average molecular weight is 201 g/mol. The van der Waals surface area contributed by atoms with Crippen LogP contribution < -0.4 is 5.32 Å². The molecule has 2 aromatic rings. The third-order valence-corrected chi connectivity index (χ3v) is 3.30. The van der Waals surface area contributed by atoms with Gasteiger partial charge in [-0.2, -0.15) is 5.10 Å². The van der Waals surface area contributed by atoms with Crippen molar-refractivity contribution in [2.75, 3.05) is 13.1 Å². The Kier molecular flexibility index (Phi) is 2.18. The first-order valence-corrected chi connectivity index (χ1v) is 5.58. The van der Waals surface area contributed by atoms with Crippen molar-refractivity contribution in [1.29, 1.82) is 0 Å². The summed E-state index contributed by atoms with van der Waals surface area (Å²) in [5.41, 5.74) is 2.62. The fourth-order valence-electron chi connectivity index (χ4n) is 2.48. The second-order valence-corrected chi connectivity index (χ2v) is 4.20. The van der Waals surface area contributed by atoms with Crippen molar-refractivity contribution in [1.82, 2.24) is 15.5 Å². The van der Waals surface area contributed by atoms with Crippen molar-refractivity contribution in [2.45, 2.75) is 18.8 Å². The van der Waals surface area contributed by atoms with E-state index < -0.39 is 0 Å². The Morgan fingerprint density at radius 2 is 2.07 bits per heavy atom. The standard InChI is InChI=1S/C12H15N3/c1-2-10(9-4-6-13-7-5-9)11-8-14-15-12(11)3-1/h1-3,8-9,13H,4-7H2,(H,14,15). The summed E-state index contributed by atoms with van der Waals surface area (Å²) in [4.78, 5) is 0. The Balaban J connectivity index is 2.05. The van der Waals surface area contributed by atoms with Crippen molar-refractivity contribution in [2.24, 2.45) is 0 Å². The monoisotopic (exact) mass is 201 g/mol. The van der Waals surface area contributed by atoms with Gasteiger partial charge in [0.05, 0.1) is 11.7 Å². The lowest BCUT2D eigenvalue weighted by molar-refractivity contribution is 0.462. The molecule has 0 atom stereocenters. The van der Waals surface area contributed by atoms with Gasteiger partial charge in [-0.25, -0.2) is 0 Å². The van der Waals surface area contributed by atoms with E-state index in [1.165, 1.54) is 23.8 Å². The number of aromatic nitrogens is 2. The van der Waals surface area contributed by atoms with E-state index in [0.717, 1.165) is 18.6 Å². The number of fused-ring (bicyclic) bond motifs is 1. The van der Waals surface area contributed by atoms with Gasteiger partial charge in [0.1, 0.15) is 0 Å². The summed E-state index contributed by atoms with van der Waals surface area (Å²) >= 11 is 0. The molecule has 3 rings (SSSR count). The van der Waals surface area contributed by atoms with Gasteiger partial charge in [0.25, 0.3) is 0 Å². The molecule has 0 saturated carbocycles. The van der Waals surface area contributed by atoms with Gasteiger partial charge in [0.2, 0.25) is 0 Å². The first-order chi connectivity index (χ1) is 7.45. The maximum atomic E-state index is 4.12. The normalized spacial score (nSPS) is 18.4. The number of piperidine rings is 1. The van der Waals surface area contributed by atoms with Crippen LogP contribution >= 0.6 is 0 Å². The Labute approximate surface area is 88.9 Å². The molecule has 2 heterocycles. The molecular formula is C12H15N3. The molecule has 0 bridgehead atoms. The van der Waals surface area contributed by atoms with Crippen molar-refractivity contribution in [3.63, 3.8) is 0 Å². The quantitative estimate of drug-likeness (QED) is 0.741. The minimum Gasteiger partial charge on any atom is -0.317 e. The van der Waals surface area contributed by atoms with E-state index in [-0.39, 0.29) is 0 Å². The van der Waals surface area contributed by atoms with E-state index in [4.69, 9.17) is 0 Å². The van der Waals surface area contributed by atoms with Gasteiger partial charge >= 0.3 is 0 Å². The highest BCUT2D eigenvalue weighted by atomic mass is 15.1. The number of H-pyrrole nitrogens is 1. The molecule has 1 aromatic heterocycles. The summed E-state index contributed by atoms with van der Waals surface area (Å²) in [7, 11) is 0. The molecule has 1 aromatic carbocycles. The van der Waals surface area contributed by atoms with E-state index >= 15 is 0 Å². The Morgan fingerprint density at radius 3 is 2.93 bits per heavy atom. The van der Waals surface area contributed by atoms with Crippen molar-refractivity contribution in [3.8, 4) is 0 Å². The van der Waals surface area contributed by atoms with Crippen LogP contribution in [-0.2, 0) is 0 Å². The molecule has 0 unspecified atom stereocenters. The van der Waals surface area contributed by atoms with Crippen molar-refractivity contribution in [3.05, 3.63) is 30.0 Å². The molecule has 1 aliphatic rings. The smallest absolute Gasteiger partial charge is 0.0653 e. The molecule has 0 aliphatic carbocycles. The summed E-state index contributed by atoms with van der Waals surface area (Å²) in [5.74, 6) is 0.701. The molecule has 0 spiro atoms. The number of hydrogen-bond donors (Lipinski definition) is 2. The summed E-state index contributed by atoms with van der Waals surface area (Å²) in [6, 6.07) is 6.46. The Hall–Kier alpha value is -1.35. The Bertz CT molecular complexity index is 455. The highest BCUT2D eigenvalue weighted by molar-refractivity contribution is 5.82. The molecule has 3 heteroatoms. The van der Waals surface area contributed by atoms with Crippen LogP contribution in [0.25, 0.3) is 10.9 Å². The van der Waals surface area contributed by atoms with Crippen molar-refractivity contribution >= 4 is 10.9 Å². The van der Waals surface area contributed by atoms with E-state index in [2.05, 4.69) is 33.7 Å². The number of rotatable bonds is 1. The lowest BCUT2D eigenvalue weighted by Crippen LogP contribution is -2.26. The summed E-state index contributed by atoms with van der Waals surface area (Å²) in [5, 5.41) is 11.8. The van der Waals surface area contributed by atoms with Crippen LogP contribution in [0.5, 0.6) is 0 Å². The lowest BCUT2D eigenvalue weighted by atomic mass is 9.88. The maximum absolute atomic E-state index is 4.12. The van der Waals surface area contributed by atoms with Crippen LogP contribution in [0, 0.1) is 0 Å². The second-order valence-electron chi connectivity index (χ2n) is 4.20. The minimum absolute atomic E-state index is 0.701. The minimum atomic E-state index is 0.701. The number of aromatic amines is 1. The van der Waals surface area contributed by atoms with Gasteiger partial charge in [-0.3, -0.25) is 5.10 Å². The molecule has 1 aliphatic heterocycles. The molecule has 78 valence electrons. The van der Waals surface area contributed by atoms with Gasteiger partial charge in [-0.05, 0) is 43.5 Å². The van der Waals surface area contributed by atoms with E-state index in [0.29, 0.717) is 5.92 Å². The van der Waals surface area contributed by atoms with Crippen LogP contribution in [0.4, 0.5) is 0 Å². The highest BCUT2D eigenvalue weighted by Crippen LogP contribution is 2.30. The summed E-state index contributed by atoms with van der Waals surface area (Å²) in [6.07, 6.45) is 4.43. The molecular weight excluding hydrogens is 186 g/mol. The topological polar surface area (TPSA) is 40.7 Å². The average Bonchev–Trinajstić information content (AvgIpc) is 2.78. The number of hydrogen-bond acceptors (Lipinski definition) is 2. The van der Waals surface area contributed by atoms with E-state index in [9.17, 15) is 0 Å². The second kappa shape index (κ2) is 3.66. The molecule has 2 N–H and O–H groups in total. The van der Waals surface area contributed by atoms with Crippen LogP contribution in [0.3, 0.4) is 0 Å². The van der Waals surface area contributed by atoms with Gasteiger partial charge in [-0.15, -0.1) is 0 Å². The molecule has 0 amide bonds. The summed E-state index contributed by atoms with van der Waals surface area (Å²) in [6.45, 7) is 2.28. The Morgan fingerprint density at radius 1 is 1.20 bits per heavy atom. The third-order valence-electron chi connectivity index (χ3n) is 3.30. The molecule has 1 fully saturated rings. The van der Waals surface area contributed by atoms with Crippen molar-refractivity contribution < 1.29 is 0 Å². The predicted molar refractivity (Wildman–Crippen MR) is 60.9 cm³/mol. The highest BCUT2D eigenvalue weighted by Gasteiger charge is 2.17. The van der Waals surface area contributed by atoms with E-state index in [1.54, 1.807) is 0 Å². The molecule has 1 saturated heterocycles. The summed E-state index contributed by atoms with van der Waals surface area (Å²) < 4.78 is 0. The van der Waals surface area contributed by atoms with Crippen LogP contribution in [0.2, 0.25) is 0 Å². The van der Waals surface area contributed by atoms with Gasteiger partial charge in [0.15, 0.2) is 0 Å². The zero-order valence-electron chi connectivity index (χ0n) is 8.66. The zero-order valence-corrected chi connectivity index (χ0v) is 8.66. The van der Waals surface area contributed by atoms with Gasteiger partial charge in [0, 0.05) is 5.39 Å². The van der Waals surface area contributed by atoms with Gasteiger partial charge in [-0.1, -0.05) is 12.1 Å². The maximum Gasteiger partial charge on any atom is 0.0653 e. The fraction of sp³-hybridized carbons (Fsp3) is 0.417. The molecule has 0 radical (unpaired) electrons. The SMILES string of the molecule is c1cc(C2CCNCC2)c2cn[nH]c2c1. The number of nitrogens with one attached hydrogen (secondary N) is 2. The molecule has 3 nitrogen and oxygen atoms in total. The van der Waals surface area contributed by atoms with Crippen LogP contribution in [0.1, 0.15) is 24.3 Å². The fourth-order valence-corrected chi connectivity index (χ4v) is 2.48. The lowest BCUT2D eigenvalue weighted by Gasteiger charge is -2.23. The zero-order chi connectivity index (χ0) is 10.1. The van der Waals surface area contributed by atoms with Crippen LogP contribution in [-0.4, -0.2) is 23.3 Å².